The van der Waals surface area contributed by atoms with E-state index in [1.54, 1.807) is 16.9 Å². The van der Waals surface area contributed by atoms with E-state index in [9.17, 15) is 14.0 Å². The van der Waals surface area contributed by atoms with Gasteiger partial charge in [-0.1, -0.05) is 0 Å². The zero-order chi connectivity index (χ0) is 18.0. The molecular formula is C18H17FN4O2. The highest BCUT2D eigenvalue weighted by Crippen LogP contribution is 2.15. The van der Waals surface area contributed by atoms with Crippen molar-refractivity contribution in [3.8, 4) is 0 Å². The lowest BCUT2D eigenvalue weighted by atomic mass is 10.2. The van der Waals surface area contributed by atoms with Crippen LogP contribution in [-0.4, -0.2) is 20.7 Å². The van der Waals surface area contributed by atoms with E-state index in [2.05, 4.69) is 15.4 Å². The standard InChI is InChI=1S/C18H17FN4O2/c1-11(2)23-17-13(10-20-23)9-12(18(25)22-17)3-8-16(24)21-15-6-4-14(19)5-7-15/h3-11H,1-2H3,(H,21,24)(H,22,25)/b8-3+. The fraction of sp³-hybridized carbons (Fsp3) is 0.167. The van der Waals surface area contributed by atoms with Crippen LogP contribution in [0, 0.1) is 5.82 Å². The van der Waals surface area contributed by atoms with Gasteiger partial charge >= 0.3 is 0 Å². The predicted octanol–water partition coefficient (Wildman–Crippen LogP) is 3.10. The molecule has 2 N–H and O–H groups in total. The van der Waals surface area contributed by atoms with Crippen molar-refractivity contribution in [2.24, 2.45) is 0 Å². The summed E-state index contributed by atoms with van der Waals surface area (Å²) in [6.45, 7) is 3.94. The molecule has 7 heteroatoms. The van der Waals surface area contributed by atoms with Crippen LogP contribution in [0.5, 0.6) is 0 Å². The first-order valence-corrected chi connectivity index (χ1v) is 7.79. The summed E-state index contributed by atoms with van der Waals surface area (Å²) in [6.07, 6.45) is 4.36. The van der Waals surface area contributed by atoms with Gasteiger partial charge in [-0.3, -0.25) is 9.59 Å². The first-order valence-electron chi connectivity index (χ1n) is 7.79. The number of hydrogen-bond donors (Lipinski definition) is 2. The summed E-state index contributed by atoms with van der Waals surface area (Å²) in [6, 6.07) is 7.23. The first kappa shape index (κ1) is 16.6. The lowest BCUT2D eigenvalue weighted by molar-refractivity contribution is -0.111. The number of amides is 1. The van der Waals surface area contributed by atoms with Crippen molar-refractivity contribution in [2.75, 3.05) is 5.32 Å². The van der Waals surface area contributed by atoms with Crippen LogP contribution in [-0.2, 0) is 4.79 Å². The number of carbonyl (C=O) groups excluding carboxylic acids is 1. The zero-order valence-electron chi connectivity index (χ0n) is 13.8. The smallest absolute Gasteiger partial charge is 0.256 e. The molecule has 0 atom stereocenters. The molecule has 2 heterocycles. The average molecular weight is 340 g/mol. The number of aromatic nitrogens is 3. The molecule has 0 aliphatic carbocycles. The second-order valence-corrected chi connectivity index (χ2v) is 5.87. The summed E-state index contributed by atoms with van der Waals surface area (Å²) in [7, 11) is 0. The van der Waals surface area contributed by atoms with Crippen molar-refractivity contribution in [1.29, 1.82) is 0 Å². The molecule has 0 aliphatic heterocycles. The van der Waals surface area contributed by atoms with Crippen LogP contribution in [0.25, 0.3) is 17.1 Å². The number of H-pyrrole nitrogens is 1. The molecular weight excluding hydrogens is 323 g/mol. The second kappa shape index (κ2) is 6.72. The van der Waals surface area contributed by atoms with E-state index in [1.807, 2.05) is 13.8 Å². The summed E-state index contributed by atoms with van der Waals surface area (Å²) < 4.78 is 14.6. The maximum absolute atomic E-state index is 12.8. The van der Waals surface area contributed by atoms with Gasteiger partial charge in [0.15, 0.2) is 0 Å². The number of carbonyl (C=O) groups is 1. The molecule has 3 aromatic rings. The van der Waals surface area contributed by atoms with Gasteiger partial charge in [0, 0.05) is 28.8 Å². The number of aromatic amines is 1. The maximum Gasteiger partial charge on any atom is 0.256 e. The normalized spacial score (nSPS) is 11.5. The third kappa shape index (κ3) is 3.65. The van der Waals surface area contributed by atoms with E-state index in [0.717, 1.165) is 5.39 Å². The first-order chi connectivity index (χ1) is 11.9. The molecule has 0 radical (unpaired) electrons. The molecule has 0 bridgehead atoms. The third-order valence-corrected chi connectivity index (χ3v) is 3.64. The lowest BCUT2D eigenvalue weighted by Crippen LogP contribution is -2.13. The second-order valence-electron chi connectivity index (χ2n) is 5.87. The van der Waals surface area contributed by atoms with Crippen LogP contribution in [0.2, 0.25) is 0 Å². The molecule has 2 aromatic heterocycles. The van der Waals surface area contributed by atoms with Gasteiger partial charge in [-0.05, 0) is 50.3 Å². The molecule has 1 amide bonds. The Bertz CT molecular complexity index is 1000. The fourth-order valence-corrected chi connectivity index (χ4v) is 2.42. The van der Waals surface area contributed by atoms with Crippen LogP contribution in [0.1, 0.15) is 25.5 Å². The number of hydrogen-bond acceptors (Lipinski definition) is 3. The van der Waals surface area contributed by atoms with Crippen LogP contribution < -0.4 is 10.9 Å². The number of pyridine rings is 1. The Morgan fingerprint density at radius 3 is 2.72 bits per heavy atom. The highest BCUT2D eigenvalue weighted by atomic mass is 19.1. The molecule has 0 unspecified atom stereocenters. The number of anilines is 1. The summed E-state index contributed by atoms with van der Waals surface area (Å²) >= 11 is 0. The number of rotatable bonds is 4. The Balaban J connectivity index is 1.81. The number of benzene rings is 1. The zero-order valence-corrected chi connectivity index (χ0v) is 13.8. The third-order valence-electron chi connectivity index (χ3n) is 3.64. The Kier molecular flexibility index (Phi) is 4.47. The van der Waals surface area contributed by atoms with E-state index < -0.39 is 5.91 Å². The minimum Gasteiger partial charge on any atom is -0.323 e. The van der Waals surface area contributed by atoms with E-state index in [1.165, 1.54) is 36.4 Å². The quantitative estimate of drug-likeness (QED) is 0.716. The van der Waals surface area contributed by atoms with Crippen molar-refractivity contribution in [3.63, 3.8) is 0 Å². The van der Waals surface area contributed by atoms with Gasteiger partial charge in [-0.15, -0.1) is 0 Å². The molecule has 3 rings (SSSR count). The van der Waals surface area contributed by atoms with Crippen molar-refractivity contribution >= 4 is 28.7 Å². The maximum atomic E-state index is 12.8. The van der Waals surface area contributed by atoms with E-state index in [0.29, 0.717) is 16.9 Å². The molecule has 0 saturated heterocycles. The molecule has 25 heavy (non-hydrogen) atoms. The van der Waals surface area contributed by atoms with Gasteiger partial charge in [-0.2, -0.15) is 5.10 Å². The predicted molar refractivity (Wildman–Crippen MR) is 94.8 cm³/mol. The highest BCUT2D eigenvalue weighted by molar-refractivity contribution is 6.02. The van der Waals surface area contributed by atoms with Crippen LogP contribution in [0.4, 0.5) is 10.1 Å². The van der Waals surface area contributed by atoms with Gasteiger partial charge in [0.25, 0.3) is 5.56 Å². The summed E-state index contributed by atoms with van der Waals surface area (Å²) in [5.41, 5.74) is 1.16. The van der Waals surface area contributed by atoms with Gasteiger partial charge in [-0.25, -0.2) is 9.07 Å². The number of nitrogens with one attached hydrogen (secondary N) is 2. The Morgan fingerprint density at radius 1 is 1.32 bits per heavy atom. The number of fused-ring (bicyclic) bond motifs is 1. The van der Waals surface area contributed by atoms with Gasteiger partial charge in [0.1, 0.15) is 11.5 Å². The highest BCUT2D eigenvalue weighted by Gasteiger charge is 2.09. The number of nitrogens with zero attached hydrogens (tertiary/aromatic N) is 2. The molecule has 128 valence electrons. The molecule has 0 fully saturated rings. The molecule has 0 saturated carbocycles. The van der Waals surface area contributed by atoms with Crippen molar-refractivity contribution in [3.05, 3.63) is 64.3 Å². The van der Waals surface area contributed by atoms with Crippen molar-refractivity contribution < 1.29 is 9.18 Å². The van der Waals surface area contributed by atoms with Crippen molar-refractivity contribution in [2.45, 2.75) is 19.9 Å². The minimum atomic E-state index is -0.413. The van der Waals surface area contributed by atoms with Crippen LogP contribution in [0.15, 0.2) is 47.4 Å². The average Bonchev–Trinajstić information content (AvgIpc) is 2.97. The summed E-state index contributed by atoms with van der Waals surface area (Å²) in [4.78, 5) is 26.9. The van der Waals surface area contributed by atoms with Crippen LogP contribution in [0.3, 0.4) is 0 Å². The molecule has 0 aliphatic rings. The van der Waals surface area contributed by atoms with E-state index in [-0.39, 0.29) is 17.4 Å². The number of halogens is 1. The Labute approximate surface area is 143 Å². The van der Waals surface area contributed by atoms with E-state index in [4.69, 9.17) is 0 Å². The van der Waals surface area contributed by atoms with Gasteiger partial charge in [0.2, 0.25) is 5.91 Å². The largest absolute Gasteiger partial charge is 0.323 e. The molecule has 6 nitrogen and oxygen atoms in total. The molecule has 1 aromatic carbocycles. The summed E-state index contributed by atoms with van der Waals surface area (Å²) in [5.74, 6) is -0.792. The van der Waals surface area contributed by atoms with E-state index >= 15 is 0 Å². The topological polar surface area (TPSA) is 79.8 Å². The van der Waals surface area contributed by atoms with Gasteiger partial charge in [0.05, 0.1) is 6.20 Å². The Hall–Kier alpha value is -3.22. The lowest BCUT2D eigenvalue weighted by Gasteiger charge is -2.06. The SMILES string of the molecule is CC(C)n1ncc2cc(/C=C/C(=O)Nc3ccc(F)cc3)c(=O)[nH]c21. The van der Waals surface area contributed by atoms with Crippen LogP contribution >= 0.6 is 0 Å². The Morgan fingerprint density at radius 2 is 2.04 bits per heavy atom. The summed E-state index contributed by atoms with van der Waals surface area (Å²) in [5, 5.41) is 7.63. The van der Waals surface area contributed by atoms with Gasteiger partial charge < -0.3 is 10.3 Å². The van der Waals surface area contributed by atoms with Crippen molar-refractivity contribution in [1.82, 2.24) is 14.8 Å². The fourth-order valence-electron chi connectivity index (χ4n) is 2.42. The minimum absolute atomic E-state index is 0.121. The molecule has 0 spiro atoms. The monoisotopic (exact) mass is 340 g/mol.